The largest absolute Gasteiger partial charge is 2.00 e. The van der Waals surface area contributed by atoms with Gasteiger partial charge in [0.05, 0.1) is 0 Å². The number of benzene rings is 2. The fourth-order valence-corrected chi connectivity index (χ4v) is 5.58. The molecule has 0 aromatic heterocycles. The summed E-state index contributed by atoms with van der Waals surface area (Å²) in [6, 6.07) is 17.6. The molecular formula is C29H34OSiZr. The van der Waals surface area contributed by atoms with E-state index in [-0.39, 0.29) is 26.2 Å². The minimum Gasteiger partial charge on any atom is -0.418 e. The average Bonchev–Trinajstić information content (AvgIpc) is 3.39. The zero-order valence-corrected chi connectivity index (χ0v) is 22.8. The molecule has 2 radical (unpaired) electrons. The summed E-state index contributed by atoms with van der Waals surface area (Å²) >= 11 is 0. The molecule has 0 saturated carbocycles. The number of fused-ring (bicyclic) bond motifs is 6. The summed E-state index contributed by atoms with van der Waals surface area (Å²) in [4.78, 5) is 0. The minimum absolute atomic E-state index is 0. The first kappa shape index (κ1) is 25.3. The van der Waals surface area contributed by atoms with Gasteiger partial charge in [0, 0.05) is 6.61 Å². The first-order valence-corrected chi connectivity index (χ1v) is 13.2. The van der Waals surface area contributed by atoms with Gasteiger partial charge < -0.3 is 4.43 Å². The molecule has 0 spiro atoms. The summed E-state index contributed by atoms with van der Waals surface area (Å²) < 4.78 is 4.86. The molecule has 0 aliphatic heterocycles. The van der Waals surface area contributed by atoms with E-state index in [4.69, 9.17) is 4.43 Å². The molecular weight excluding hydrogens is 484 g/mol. The van der Waals surface area contributed by atoms with E-state index in [0.717, 1.165) is 18.4 Å². The maximum absolute atomic E-state index is 4.86. The quantitative estimate of drug-likeness (QED) is 0.231. The molecule has 0 saturated heterocycles. The number of hydrogen-bond donors (Lipinski definition) is 0. The molecule has 4 unspecified atom stereocenters. The van der Waals surface area contributed by atoms with Crippen LogP contribution in [0.5, 0.6) is 0 Å². The van der Waals surface area contributed by atoms with E-state index in [2.05, 4.69) is 85.7 Å². The van der Waals surface area contributed by atoms with Crippen molar-refractivity contribution in [2.45, 2.75) is 51.0 Å². The SMILES string of the molecule is C1=CC2c3ccccc3[CH-]C2CC1.C1=CC2c3ccccc3[CH-]C2CC1.CCO[Si]C.[Zr+2]. The summed E-state index contributed by atoms with van der Waals surface area (Å²) in [5.41, 5.74) is 5.99. The van der Waals surface area contributed by atoms with E-state index in [0.29, 0.717) is 21.6 Å². The molecule has 0 amide bonds. The molecule has 2 aromatic carbocycles. The van der Waals surface area contributed by atoms with E-state index >= 15 is 0 Å². The fraction of sp³-hybridized carbons (Fsp3) is 0.379. The van der Waals surface area contributed by atoms with Gasteiger partial charge in [-0.1, -0.05) is 61.1 Å². The van der Waals surface area contributed by atoms with Crippen LogP contribution in [0.2, 0.25) is 6.55 Å². The van der Waals surface area contributed by atoms with Gasteiger partial charge in [-0.3, -0.25) is 0 Å². The van der Waals surface area contributed by atoms with Crippen molar-refractivity contribution >= 4 is 9.76 Å². The molecule has 32 heavy (non-hydrogen) atoms. The van der Waals surface area contributed by atoms with Crippen LogP contribution in [0, 0.1) is 24.7 Å². The Hall–Kier alpha value is -1.28. The zero-order valence-electron chi connectivity index (χ0n) is 19.3. The molecule has 164 valence electrons. The van der Waals surface area contributed by atoms with Gasteiger partial charge in [0.15, 0.2) is 0 Å². The number of hydrogen-bond acceptors (Lipinski definition) is 1. The zero-order chi connectivity index (χ0) is 21.5. The smallest absolute Gasteiger partial charge is 0.418 e. The van der Waals surface area contributed by atoms with Gasteiger partial charge in [0.1, 0.15) is 0 Å². The van der Waals surface area contributed by atoms with Gasteiger partial charge in [-0.25, -0.2) is 0 Å². The van der Waals surface area contributed by atoms with Crippen molar-refractivity contribution in [2.24, 2.45) is 11.8 Å². The fourth-order valence-electron chi connectivity index (χ4n) is 5.29. The van der Waals surface area contributed by atoms with Gasteiger partial charge in [-0.05, 0) is 38.1 Å². The Morgan fingerprint density at radius 2 is 1.28 bits per heavy atom. The summed E-state index contributed by atoms with van der Waals surface area (Å²) in [7, 11) is 0.658. The van der Waals surface area contributed by atoms with Crippen LogP contribution < -0.4 is 0 Å². The van der Waals surface area contributed by atoms with Gasteiger partial charge in [0.2, 0.25) is 9.76 Å². The molecule has 1 nitrogen and oxygen atoms in total. The van der Waals surface area contributed by atoms with E-state index in [9.17, 15) is 0 Å². The summed E-state index contributed by atoms with van der Waals surface area (Å²) in [6.45, 7) is 4.87. The second-order valence-electron chi connectivity index (χ2n) is 8.62. The molecule has 0 fully saturated rings. The van der Waals surface area contributed by atoms with E-state index in [1.807, 2.05) is 13.5 Å². The third-order valence-corrected chi connectivity index (χ3v) is 7.31. The molecule has 2 aromatic rings. The van der Waals surface area contributed by atoms with Gasteiger partial charge in [-0.2, -0.15) is 36.1 Å². The number of rotatable bonds is 2. The molecule has 6 rings (SSSR count). The molecule has 4 aliphatic rings. The second-order valence-corrected chi connectivity index (χ2v) is 9.32. The average molecular weight is 518 g/mol. The molecule has 3 heteroatoms. The maximum Gasteiger partial charge on any atom is 2.00 e. The van der Waals surface area contributed by atoms with Crippen LogP contribution in [0.4, 0.5) is 0 Å². The van der Waals surface area contributed by atoms with E-state index < -0.39 is 0 Å². The molecule has 0 heterocycles. The Labute approximate surface area is 216 Å². The summed E-state index contributed by atoms with van der Waals surface area (Å²) in [5.74, 6) is 2.93. The van der Waals surface area contributed by atoms with Crippen molar-refractivity contribution in [3.63, 3.8) is 0 Å². The predicted molar refractivity (Wildman–Crippen MR) is 132 cm³/mol. The van der Waals surface area contributed by atoms with Crippen LogP contribution in [-0.4, -0.2) is 16.4 Å². The molecule has 4 atom stereocenters. The van der Waals surface area contributed by atoms with E-state index in [1.54, 1.807) is 0 Å². The normalized spacial score (nSPS) is 25.1. The molecule has 0 N–H and O–H groups in total. The van der Waals surface area contributed by atoms with E-state index in [1.165, 1.54) is 47.9 Å². The van der Waals surface area contributed by atoms with Crippen molar-refractivity contribution in [1.82, 2.24) is 0 Å². The van der Waals surface area contributed by atoms with Gasteiger partial charge in [-0.15, -0.1) is 35.4 Å². The third kappa shape index (κ3) is 5.99. The Morgan fingerprint density at radius 3 is 1.69 bits per heavy atom. The first-order valence-electron chi connectivity index (χ1n) is 11.8. The maximum atomic E-state index is 4.86. The van der Waals surface area contributed by atoms with Crippen molar-refractivity contribution in [1.29, 1.82) is 0 Å². The summed E-state index contributed by atoms with van der Waals surface area (Å²) in [5, 5.41) is 0. The van der Waals surface area contributed by atoms with Crippen LogP contribution in [0.15, 0.2) is 72.8 Å². The van der Waals surface area contributed by atoms with Crippen LogP contribution in [0.25, 0.3) is 0 Å². The monoisotopic (exact) mass is 516 g/mol. The Kier molecular flexibility index (Phi) is 10.2. The Balaban J connectivity index is 0.000000147. The van der Waals surface area contributed by atoms with Crippen molar-refractivity contribution in [2.75, 3.05) is 6.61 Å². The molecule has 4 aliphatic carbocycles. The second kappa shape index (κ2) is 12.8. The molecule has 0 bridgehead atoms. The van der Waals surface area contributed by atoms with Crippen LogP contribution >= 0.6 is 0 Å². The third-order valence-electron chi connectivity index (χ3n) is 6.73. The number of allylic oxidation sites excluding steroid dienone is 4. The van der Waals surface area contributed by atoms with Crippen LogP contribution in [-0.2, 0) is 30.6 Å². The van der Waals surface area contributed by atoms with Crippen molar-refractivity contribution in [3.05, 3.63) is 108 Å². The summed E-state index contributed by atoms with van der Waals surface area (Å²) in [6.07, 6.45) is 19.5. The standard InChI is InChI=1S/2C13H13.C3H8OSi.Zr/c2*1-3-7-12-10(5-1)9-11-6-2-4-8-13(11)12;1-3-4-5-2;/h2*1,3-5,7-9,11,13H,2,6H2;3H2,1-2H3;/q2*-1;;+2. The first-order chi connectivity index (χ1) is 15.3. The van der Waals surface area contributed by atoms with Gasteiger partial charge in [0.25, 0.3) is 0 Å². The van der Waals surface area contributed by atoms with Gasteiger partial charge >= 0.3 is 26.2 Å². The van der Waals surface area contributed by atoms with Crippen molar-refractivity contribution in [3.8, 4) is 0 Å². The predicted octanol–water partition coefficient (Wildman–Crippen LogP) is 7.29. The Bertz CT molecular complexity index is 832. The topological polar surface area (TPSA) is 9.23 Å². The Morgan fingerprint density at radius 1 is 0.812 bits per heavy atom. The van der Waals surface area contributed by atoms with Crippen LogP contribution in [0.3, 0.4) is 0 Å². The van der Waals surface area contributed by atoms with Crippen molar-refractivity contribution < 1.29 is 30.6 Å². The van der Waals surface area contributed by atoms with Crippen LogP contribution in [0.1, 0.15) is 66.7 Å². The minimum atomic E-state index is 0.